The summed E-state index contributed by atoms with van der Waals surface area (Å²) in [6.07, 6.45) is 4.77. The molecule has 2 aliphatic rings. The third kappa shape index (κ3) is 4.15. The van der Waals surface area contributed by atoms with Crippen LogP contribution in [0, 0.1) is 0 Å². The fraction of sp³-hybridized carbons (Fsp3) is 0.360. The van der Waals surface area contributed by atoms with Crippen LogP contribution in [0.2, 0.25) is 0 Å². The molecule has 1 atom stereocenters. The van der Waals surface area contributed by atoms with Crippen LogP contribution < -0.4 is 24.4 Å². The third-order valence-corrected chi connectivity index (χ3v) is 6.08. The zero-order chi connectivity index (χ0) is 21.9. The molecule has 2 aliphatic heterocycles. The molecule has 1 amide bonds. The summed E-state index contributed by atoms with van der Waals surface area (Å²) < 4.78 is 16.6. The van der Waals surface area contributed by atoms with Crippen molar-refractivity contribution in [1.82, 2.24) is 4.98 Å². The number of ether oxygens (including phenoxy) is 3. The number of carbonyl (C=O) groups is 1. The van der Waals surface area contributed by atoms with Gasteiger partial charge < -0.3 is 24.4 Å². The first kappa shape index (κ1) is 20.4. The number of nitrogens with zero attached hydrogens (tertiary/aromatic N) is 2. The number of fused-ring (bicyclic) bond motifs is 2. The number of hydrogen-bond donors (Lipinski definition) is 1. The van der Waals surface area contributed by atoms with E-state index in [1.165, 1.54) is 19.3 Å². The van der Waals surface area contributed by atoms with Crippen molar-refractivity contribution in [3.8, 4) is 17.2 Å². The monoisotopic (exact) mass is 433 g/mol. The molecule has 0 bridgehead atoms. The Morgan fingerprint density at radius 1 is 1.16 bits per heavy atom. The molecule has 1 saturated heterocycles. The van der Waals surface area contributed by atoms with Gasteiger partial charge in [-0.3, -0.25) is 4.79 Å². The number of benzene rings is 2. The van der Waals surface area contributed by atoms with Crippen LogP contribution >= 0.6 is 0 Å². The summed E-state index contributed by atoms with van der Waals surface area (Å²) in [6, 6.07) is 15.8. The average Bonchev–Trinajstić information content (AvgIpc) is 3.30. The number of rotatable bonds is 6. The Kier molecular flexibility index (Phi) is 5.71. The predicted molar refractivity (Wildman–Crippen MR) is 124 cm³/mol. The molecule has 1 aromatic heterocycles. The summed E-state index contributed by atoms with van der Waals surface area (Å²) in [5, 5.41) is 3.83. The van der Waals surface area contributed by atoms with Gasteiger partial charge in [0.15, 0.2) is 18.1 Å². The molecular formula is C25H27N3O4. The van der Waals surface area contributed by atoms with Crippen LogP contribution in [0.15, 0.2) is 48.5 Å². The molecule has 1 N–H and O–H groups in total. The summed E-state index contributed by atoms with van der Waals surface area (Å²) in [5.74, 6) is 2.63. The van der Waals surface area contributed by atoms with Gasteiger partial charge in [-0.1, -0.05) is 19.1 Å². The van der Waals surface area contributed by atoms with E-state index in [0.717, 1.165) is 29.7 Å². The van der Waals surface area contributed by atoms with E-state index in [1.807, 2.05) is 18.2 Å². The molecule has 1 unspecified atom stereocenters. The lowest BCUT2D eigenvalue weighted by Gasteiger charge is -2.36. The van der Waals surface area contributed by atoms with Gasteiger partial charge in [0, 0.05) is 29.7 Å². The van der Waals surface area contributed by atoms with Crippen molar-refractivity contribution in [1.29, 1.82) is 0 Å². The van der Waals surface area contributed by atoms with E-state index in [9.17, 15) is 4.79 Å². The molecule has 0 radical (unpaired) electrons. The molecule has 0 saturated carbocycles. The molecule has 32 heavy (non-hydrogen) atoms. The maximum Gasteiger partial charge on any atom is 0.262 e. The number of pyridine rings is 1. The number of aromatic nitrogens is 1. The summed E-state index contributed by atoms with van der Waals surface area (Å²) >= 11 is 0. The standard InChI is InChI=1S/C25H27N3O4/c1-2-19-7-3-4-13-28(19)23-12-9-17-6-5-8-21(25(17)27-23)30-15-24(29)26-18-10-11-20-22(14-18)32-16-31-20/h5-6,8-12,14,19H,2-4,7,13,15-16H2,1H3,(H,26,29). The maximum atomic E-state index is 12.5. The van der Waals surface area contributed by atoms with Crippen molar-refractivity contribution in [3.05, 3.63) is 48.5 Å². The smallest absolute Gasteiger partial charge is 0.262 e. The minimum atomic E-state index is -0.251. The Hall–Kier alpha value is -3.48. The largest absolute Gasteiger partial charge is 0.481 e. The maximum absolute atomic E-state index is 12.5. The number of carbonyl (C=O) groups excluding carboxylic acids is 1. The van der Waals surface area contributed by atoms with Gasteiger partial charge in [-0.15, -0.1) is 0 Å². The zero-order valence-corrected chi connectivity index (χ0v) is 18.2. The predicted octanol–water partition coefficient (Wildman–Crippen LogP) is 4.75. The minimum Gasteiger partial charge on any atom is -0.481 e. The van der Waals surface area contributed by atoms with Crippen molar-refractivity contribution in [2.45, 2.75) is 38.6 Å². The van der Waals surface area contributed by atoms with Gasteiger partial charge in [-0.25, -0.2) is 4.98 Å². The Balaban J connectivity index is 1.30. The van der Waals surface area contributed by atoms with Crippen molar-refractivity contribution in [2.24, 2.45) is 0 Å². The number of para-hydroxylation sites is 1. The molecule has 0 spiro atoms. The lowest BCUT2D eigenvalue weighted by atomic mass is 10.00. The molecule has 7 nitrogen and oxygen atoms in total. The third-order valence-electron chi connectivity index (χ3n) is 6.08. The van der Waals surface area contributed by atoms with Gasteiger partial charge in [0.1, 0.15) is 17.1 Å². The van der Waals surface area contributed by atoms with Crippen molar-refractivity contribution in [3.63, 3.8) is 0 Å². The van der Waals surface area contributed by atoms with Crippen LogP contribution in [0.5, 0.6) is 17.2 Å². The van der Waals surface area contributed by atoms with E-state index in [4.69, 9.17) is 19.2 Å². The Morgan fingerprint density at radius 2 is 2.06 bits per heavy atom. The highest BCUT2D eigenvalue weighted by Crippen LogP contribution is 2.34. The lowest BCUT2D eigenvalue weighted by Crippen LogP contribution is -2.39. The average molecular weight is 434 g/mol. The van der Waals surface area contributed by atoms with Gasteiger partial charge in [0.25, 0.3) is 5.91 Å². The molecule has 7 heteroatoms. The normalized spacial score (nSPS) is 17.4. The van der Waals surface area contributed by atoms with E-state index in [0.29, 0.717) is 29.0 Å². The van der Waals surface area contributed by atoms with E-state index in [-0.39, 0.29) is 19.3 Å². The molecular weight excluding hydrogens is 406 g/mol. The second kappa shape index (κ2) is 8.94. The number of piperidine rings is 1. The zero-order valence-electron chi connectivity index (χ0n) is 18.2. The van der Waals surface area contributed by atoms with Gasteiger partial charge in [-0.2, -0.15) is 0 Å². The van der Waals surface area contributed by atoms with Crippen LogP contribution in [0.3, 0.4) is 0 Å². The molecule has 2 aromatic carbocycles. The van der Waals surface area contributed by atoms with Crippen LogP contribution in [0.4, 0.5) is 11.5 Å². The van der Waals surface area contributed by atoms with E-state index >= 15 is 0 Å². The Bertz CT molecular complexity index is 1130. The second-order valence-electron chi connectivity index (χ2n) is 8.15. The van der Waals surface area contributed by atoms with Crippen LogP contribution in [-0.4, -0.2) is 36.9 Å². The first-order chi connectivity index (χ1) is 15.7. The van der Waals surface area contributed by atoms with E-state index in [2.05, 4.69) is 29.3 Å². The summed E-state index contributed by atoms with van der Waals surface area (Å²) in [7, 11) is 0. The molecule has 1 fully saturated rings. The topological polar surface area (TPSA) is 72.9 Å². The van der Waals surface area contributed by atoms with Crippen molar-refractivity contribution < 1.29 is 19.0 Å². The Labute approximate surface area is 187 Å². The first-order valence-electron chi connectivity index (χ1n) is 11.2. The molecule has 5 rings (SSSR count). The lowest BCUT2D eigenvalue weighted by molar-refractivity contribution is -0.118. The van der Waals surface area contributed by atoms with Crippen LogP contribution in [0.1, 0.15) is 32.6 Å². The Morgan fingerprint density at radius 3 is 2.97 bits per heavy atom. The highest BCUT2D eigenvalue weighted by Gasteiger charge is 2.22. The number of amides is 1. The highest BCUT2D eigenvalue weighted by molar-refractivity contribution is 5.93. The summed E-state index contributed by atoms with van der Waals surface area (Å²) in [4.78, 5) is 19.8. The molecule has 166 valence electrons. The quantitative estimate of drug-likeness (QED) is 0.605. The summed E-state index contributed by atoms with van der Waals surface area (Å²) in [5.41, 5.74) is 1.41. The van der Waals surface area contributed by atoms with E-state index < -0.39 is 0 Å². The minimum absolute atomic E-state index is 0.110. The van der Waals surface area contributed by atoms with E-state index in [1.54, 1.807) is 18.2 Å². The van der Waals surface area contributed by atoms with Gasteiger partial charge >= 0.3 is 0 Å². The van der Waals surface area contributed by atoms with Gasteiger partial charge in [0.05, 0.1) is 0 Å². The van der Waals surface area contributed by atoms with Crippen LogP contribution in [-0.2, 0) is 4.79 Å². The number of hydrogen-bond acceptors (Lipinski definition) is 6. The highest BCUT2D eigenvalue weighted by atomic mass is 16.7. The van der Waals surface area contributed by atoms with Crippen molar-refractivity contribution >= 4 is 28.3 Å². The van der Waals surface area contributed by atoms with Gasteiger partial charge in [-0.05, 0) is 56.0 Å². The molecule has 3 heterocycles. The van der Waals surface area contributed by atoms with Crippen LogP contribution in [0.25, 0.3) is 10.9 Å². The van der Waals surface area contributed by atoms with Crippen molar-refractivity contribution in [2.75, 3.05) is 30.2 Å². The molecule has 0 aliphatic carbocycles. The molecule has 3 aromatic rings. The number of anilines is 2. The fourth-order valence-electron chi connectivity index (χ4n) is 4.43. The summed E-state index contributed by atoms with van der Waals surface area (Å²) in [6.45, 7) is 3.35. The SMILES string of the molecule is CCC1CCCCN1c1ccc2cccc(OCC(=O)Nc3ccc4c(c3)OCO4)c2n1. The fourth-order valence-corrected chi connectivity index (χ4v) is 4.43. The second-order valence-corrected chi connectivity index (χ2v) is 8.15. The number of nitrogens with one attached hydrogen (secondary N) is 1. The van der Waals surface area contributed by atoms with Gasteiger partial charge in [0.2, 0.25) is 6.79 Å². The first-order valence-corrected chi connectivity index (χ1v) is 11.2.